The van der Waals surface area contributed by atoms with Crippen LogP contribution in [0.15, 0.2) is 97.1 Å². The van der Waals surface area contributed by atoms with E-state index in [1.165, 1.54) is 21.2 Å². The summed E-state index contributed by atoms with van der Waals surface area (Å²) in [7, 11) is 3.76. The zero-order valence-corrected chi connectivity index (χ0v) is 22.7. The van der Waals surface area contributed by atoms with Crippen molar-refractivity contribution in [1.82, 2.24) is 0 Å². The smallest absolute Gasteiger partial charge is 0.267 e. The lowest BCUT2D eigenvalue weighted by molar-refractivity contribution is 0.415. The van der Waals surface area contributed by atoms with E-state index in [4.69, 9.17) is 18.9 Å². The van der Waals surface area contributed by atoms with Crippen molar-refractivity contribution in [3.05, 3.63) is 97.1 Å². The van der Waals surface area contributed by atoms with E-state index in [-0.39, 0.29) is 0 Å². The summed E-state index contributed by atoms with van der Waals surface area (Å²) in [4.78, 5) is 0. The van der Waals surface area contributed by atoms with Crippen molar-refractivity contribution in [3.8, 4) is 23.0 Å². The Balaban J connectivity index is 1.49. The Morgan fingerprint density at radius 2 is 0.556 bits per heavy atom. The third-order valence-corrected chi connectivity index (χ3v) is 21.0. The Labute approximate surface area is 213 Å². The molecule has 0 spiro atoms. The van der Waals surface area contributed by atoms with Gasteiger partial charge in [-0.1, -0.05) is 0 Å². The second-order valence-electron chi connectivity index (χ2n) is 9.17. The van der Waals surface area contributed by atoms with Gasteiger partial charge in [0.05, 0.1) is 28.4 Å². The summed E-state index contributed by atoms with van der Waals surface area (Å²) in [5.41, 5.74) is 0. The monoisotopic (exact) mass is 516 g/mol. The van der Waals surface area contributed by atoms with Crippen LogP contribution in [-0.4, -0.2) is 39.2 Å². The van der Waals surface area contributed by atoms with Crippen LogP contribution in [0.5, 0.6) is 23.0 Å². The number of ether oxygens (including phenoxy) is 4. The molecule has 2 saturated heterocycles. The van der Waals surface area contributed by atoms with Gasteiger partial charge >= 0.3 is 0 Å². The van der Waals surface area contributed by atoms with Crippen molar-refractivity contribution >= 4 is 35.7 Å². The molecule has 6 rings (SSSR count). The van der Waals surface area contributed by atoms with Gasteiger partial charge in [0.25, 0.3) is 10.8 Å². The maximum absolute atomic E-state index is 5.48. The maximum atomic E-state index is 5.48. The third-order valence-electron chi connectivity index (χ3n) is 7.75. The molecule has 0 aliphatic carbocycles. The summed E-state index contributed by atoms with van der Waals surface area (Å²) >= 11 is 0. The highest BCUT2D eigenvalue weighted by Crippen LogP contribution is 3.17. The molecule has 6 heteroatoms. The summed E-state index contributed by atoms with van der Waals surface area (Å²) < 4.78 is 21.9. The molecule has 0 amide bonds. The molecule has 0 unspecified atom stereocenters. The van der Waals surface area contributed by atoms with Crippen LogP contribution in [0.4, 0.5) is 0 Å². The van der Waals surface area contributed by atoms with E-state index in [0.29, 0.717) is 10.8 Å². The van der Waals surface area contributed by atoms with Crippen LogP contribution in [-0.2, 0) is 0 Å². The number of rotatable bonds is 8. The van der Waals surface area contributed by atoms with Gasteiger partial charge in [-0.3, -0.25) is 0 Å². The molecule has 2 fully saturated rings. The van der Waals surface area contributed by atoms with Crippen LogP contribution < -0.4 is 40.2 Å². The molecule has 4 nitrogen and oxygen atoms in total. The minimum Gasteiger partial charge on any atom is -0.497 e. The summed E-state index contributed by atoms with van der Waals surface area (Å²) in [5.74, 6) is 3.59. The van der Waals surface area contributed by atoms with Gasteiger partial charge in [-0.2, -0.15) is 0 Å². The van der Waals surface area contributed by atoms with Gasteiger partial charge < -0.3 is 18.9 Å². The van der Waals surface area contributed by atoms with Gasteiger partial charge in [0, 0.05) is 0 Å². The largest absolute Gasteiger partial charge is 0.497 e. The summed E-state index contributed by atoms with van der Waals surface area (Å²) in [6.45, 7) is 0. The first-order valence-electron chi connectivity index (χ1n) is 12.0. The standard InChI is InChI=1S/C30H30O4P2/c1-31-21-5-13-25(14-6-21)35(26-15-7-22(32-2)8-16-26)29-30(35)36(29,27-17-9-23(33-3)10-18-27)28-19-11-24(34-4)12-20-28/h5-20,29-30H,1-4H3/q+2. The molecule has 0 radical (unpaired) electrons. The lowest BCUT2D eigenvalue weighted by Crippen LogP contribution is -2.28. The van der Waals surface area contributed by atoms with Crippen molar-refractivity contribution in [2.45, 2.75) is 10.8 Å². The Kier molecular flexibility index (Phi) is 5.71. The zero-order chi connectivity index (χ0) is 24.9. The fourth-order valence-corrected chi connectivity index (χ4v) is 23.7. The molecule has 2 aliphatic heterocycles. The average Bonchev–Trinajstić information content (AvgIpc) is 3.86. The van der Waals surface area contributed by atoms with Crippen LogP contribution >= 0.6 is 14.5 Å². The van der Waals surface area contributed by atoms with Crippen molar-refractivity contribution in [2.24, 2.45) is 0 Å². The Hall–Kier alpha value is -3.06. The van der Waals surface area contributed by atoms with Crippen molar-refractivity contribution in [2.75, 3.05) is 28.4 Å². The molecule has 0 saturated carbocycles. The first kappa shape index (κ1) is 23.3. The van der Waals surface area contributed by atoms with E-state index in [1.54, 1.807) is 28.4 Å². The van der Waals surface area contributed by atoms with Crippen LogP contribution in [0.3, 0.4) is 0 Å². The fraction of sp³-hybridized carbons (Fsp3) is 0.200. The molecule has 2 heterocycles. The molecule has 0 atom stereocenters. The summed E-state index contributed by atoms with van der Waals surface area (Å²) in [6, 6.07) is 35.2. The second-order valence-corrected chi connectivity index (χ2v) is 17.4. The van der Waals surface area contributed by atoms with E-state index in [1.807, 2.05) is 0 Å². The normalized spacial score (nSPS) is 20.1. The highest BCUT2D eigenvalue weighted by atomic mass is 31.3. The van der Waals surface area contributed by atoms with Crippen LogP contribution in [0.25, 0.3) is 0 Å². The fourth-order valence-electron chi connectivity index (χ4n) is 5.95. The maximum Gasteiger partial charge on any atom is 0.267 e. The van der Waals surface area contributed by atoms with E-state index >= 15 is 0 Å². The Bertz CT molecular complexity index is 1150. The summed E-state index contributed by atoms with van der Waals surface area (Å²) in [6.07, 6.45) is 0. The van der Waals surface area contributed by atoms with Gasteiger partial charge in [0.2, 0.25) is 0 Å². The quantitative estimate of drug-likeness (QED) is 0.308. The first-order valence-corrected chi connectivity index (χ1v) is 15.8. The molecule has 0 aromatic heterocycles. The molecule has 36 heavy (non-hydrogen) atoms. The van der Waals surface area contributed by atoms with Crippen LogP contribution in [0.1, 0.15) is 0 Å². The predicted octanol–water partition coefficient (Wildman–Crippen LogP) is 5.04. The molecule has 0 N–H and O–H groups in total. The van der Waals surface area contributed by atoms with E-state index in [9.17, 15) is 0 Å². The van der Waals surface area contributed by atoms with E-state index in [2.05, 4.69) is 97.1 Å². The number of methoxy groups -OCH3 is 4. The van der Waals surface area contributed by atoms with Crippen molar-refractivity contribution in [3.63, 3.8) is 0 Å². The lowest BCUT2D eigenvalue weighted by atomic mass is 10.3. The Morgan fingerprint density at radius 1 is 0.361 bits per heavy atom. The number of hydrogen-bond acceptors (Lipinski definition) is 4. The predicted molar refractivity (Wildman–Crippen MR) is 152 cm³/mol. The highest BCUT2D eigenvalue weighted by Gasteiger charge is 3.13. The Morgan fingerprint density at radius 3 is 0.722 bits per heavy atom. The third kappa shape index (κ3) is 3.21. The average molecular weight is 517 g/mol. The molecule has 2 aliphatic rings. The van der Waals surface area contributed by atoms with Crippen molar-refractivity contribution in [1.29, 1.82) is 0 Å². The van der Waals surface area contributed by atoms with E-state index < -0.39 is 14.5 Å². The van der Waals surface area contributed by atoms with Crippen LogP contribution in [0, 0.1) is 0 Å². The van der Waals surface area contributed by atoms with E-state index in [0.717, 1.165) is 23.0 Å². The van der Waals surface area contributed by atoms with Gasteiger partial charge in [-0.05, 0) is 97.1 Å². The van der Waals surface area contributed by atoms with Crippen LogP contribution in [0.2, 0.25) is 0 Å². The molecule has 182 valence electrons. The summed E-state index contributed by atoms with van der Waals surface area (Å²) in [5, 5.41) is 7.13. The second kappa shape index (κ2) is 8.80. The molecule has 4 aromatic carbocycles. The topological polar surface area (TPSA) is 36.9 Å². The van der Waals surface area contributed by atoms with Gasteiger partial charge in [0.1, 0.15) is 44.2 Å². The molecular weight excluding hydrogens is 486 g/mol. The number of benzene rings is 4. The minimum absolute atomic E-state index is 0.647. The van der Waals surface area contributed by atoms with Crippen molar-refractivity contribution < 1.29 is 18.9 Å². The minimum atomic E-state index is -1.57. The highest BCUT2D eigenvalue weighted by molar-refractivity contribution is 8.30. The molecular formula is C30H30O4P2+2. The first-order chi connectivity index (χ1) is 17.6. The SMILES string of the molecule is COc1ccc([P+]2(c3ccc(OC)cc3)C3C2[P+]3(c2ccc(OC)cc2)c2ccc(OC)cc2)cc1. The number of hydrogen-bond donors (Lipinski definition) is 0. The molecule has 0 bridgehead atoms. The number of fused-ring (bicyclic) bond motifs is 1. The lowest BCUT2D eigenvalue weighted by Gasteiger charge is -2.23. The van der Waals surface area contributed by atoms with Gasteiger partial charge in [-0.15, -0.1) is 0 Å². The molecule has 4 aromatic rings. The zero-order valence-electron chi connectivity index (χ0n) is 20.9. The van der Waals surface area contributed by atoms with Gasteiger partial charge in [0.15, 0.2) is 14.5 Å². The van der Waals surface area contributed by atoms with Gasteiger partial charge in [-0.25, -0.2) is 0 Å².